The van der Waals surface area contributed by atoms with Crippen LogP contribution in [0.5, 0.6) is 0 Å². The van der Waals surface area contributed by atoms with Crippen LogP contribution in [0.4, 0.5) is 0 Å². The lowest BCUT2D eigenvalue weighted by Gasteiger charge is -2.13. The first-order valence-corrected chi connectivity index (χ1v) is 5.89. The van der Waals surface area contributed by atoms with Gasteiger partial charge in [0, 0.05) is 6.54 Å². The highest BCUT2D eigenvalue weighted by atomic mass is 16.5. The largest absolute Gasteiger partial charge is 0.367 e. The lowest BCUT2D eigenvalue weighted by Crippen LogP contribution is -2.11. The third kappa shape index (κ3) is 1.75. The van der Waals surface area contributed by atoms with Gasteiger partial charge in [0.25, 0.3) is 0 Å². The van der Waals surface area contributed by atoms with Crippen molar-refractivity contribution in [1.29, 1.82) is 0 Å². The molecule has 1 heterocycles. The SMILES string of the molecule is NCC1OCc2cccc(-c3ccccc3)c21. The Morgan fingerprint density at radius 1 is 1.06 bits per heavy atom. The Morgan fingerprint density at radius 2 is 1.88 bits per heavy atom. The number of fused-ring (bicyclic) bond motifs is 1. The smallest absolute Gasteiger partial charge is 0.0961 e. The van der Waals surface area contributed by atoms with Gasteiger partial charge in [-0.15, -0.1) is 0 Å². The van der Waals surface area contributed by atoms with Crippen LogP contribution in [-0.2, 0) is 11.3 Å². The van der Waals surface area contributed by atoms with E-state index in [9.17, 15) is 0 Å². The van der Waals surface area contributed by atoms with Crippen LogP contribution in [0.1, 0.15) is 17.2 Å². The van der Waals surface area contributed by atoms with Gasteiger partial charge >= 0.3 is 0 Å². The minimum atomic E-state index is 0.0430. The molecule has 2 N–H and O–H groups in total. The van der Waals surface area contributed by atoms with Gasteiger partial charge in [-0.3, -0.25) is 0 Å². The summed E-state index contributed by atoms with van der Waals surface area (Å²) in [5.74, 6) is 0. The Labute approximate surface area is 101 Å². The molecule has 1 unspecified atom stereocenters. The van der Waals surface area contributed by atoms with Gasteiger partial charge in [-0.2, -0.15) is 0 Å². The molecule has 0 bridgehead atoms. The van der Waals surface area contributed by atoms with E-state index < -0.39 is 0 Å². The summed E-state index contributed by atoms with van der Waals surface area (Å²) >= 11 is 0. The average Bonchev–Trinajstić information content (AvgIpc) is 2.82. The molecule has 0 radical (unpaired) electrons. The monoisotopic (exact) mass is 225 g/mol. The van der Waals surface area contributed by atoms with Gasteiger partial charge < -0.3 is 10.5 Å². The zero-order chi connectivity index (χ0) is 11.7. The summed E-state index contributed by atoms with van der Waals surface area (Å²) in [6, 6.07) is 16.8. The van der Waals surface area contributed by atoms with Crippen molar-refractivity contribution in [3.8, 4) is 11.1 Å². The van der Waals surface area contributed by atoms with Crippen molar-refractivity contribution in [2.24, 2.45) is 5.73 Å². The second-order valence-electron chi connectivity index (χ2n) is 4.28. The zero-order valence-electron chi connectivity index (χ0n) is 9.60. The molecule has 0 saturated heterocycles. The zero-order valence-corrected chi connectivity index (χ0v) is 9.60. The summed E-state index contributed by atoms with van der Waals surface area (Å²) in [6.45, 7) is 1.22. The van der Waals surface area contributed by atoms with E-state index in [1.165, 1.54) is 22.3 Å². The van der Waals surface area contributed by atoms with Crippen LogP contribution in [0.25, 0.3) is 11.1 Å². The molecular formula is C15H15NO. The van der Waals surface area contributed by atoms with Crippen molar-refractivity contribution < 1.29 is 4.74 Å². The summed E-state index contributed by atoms with van der Waals surface area (Å²) in [4.78, 5) is 0. The van der Waals surface area contributed by atoms with E-state index in [0.29, 0.717) is 13.2 Å². The molecule has 3 rings (SSSR count). The molecule has 0 amide bonds. The van der Waals surface area contributed by atoms with Crippen molar-refractivity contribution >= 4 is 0 Å². The Hall–Kier alpha value is -1.64. The van der Waals surface area contributed by atoms with E-state index in [-0.39, 0.29) is 6.10 Å². The number of rotatable bonds is 2. The van der Waals surface area contributed by atoms with E-state index in [0.717, 1.165) is 0 Å². The summed E-state index contributed by atoms with van der Waals surface area (Å²) in [6.07, 6.45) is 0.0430. The Morgan fingerprint density at radius 3 is 2.65 bits per heavy atom. The standard InChI is InChI=1S/C15H15NO/c16-9-14-15-12(10-17-14)7-4-8-13(15)11-5-2-1-3-6-11/h1-8,14H,9-10,16H2. The Balaban J connectivity index is 2.16. The third-order valence-electron chi connectivity index (χ3n) is 3.26. The topological polar surface area (TPSA) is 35.2 Å². The van der Waals surface area contributed by atoms with Crippen LogP contribution in [0.2, 0.25) is 0 Å². The van der Waals surface area contributed by atoms with Gasteiger partial charge in [-0.05, 0) is 22.3 Å². The summed E-state index contributed by atoms with van der Waals surface area (Å²) in [5, 5.41) is 0. The third-order valence-corrected chi connectivity index (χ3v) is 3.26. The number of nitrogens with two attached hydrogens (primary N) is 1. The molecule has 17 heavy (non-hydrogen) atoms. The second kappa shape index (κ2) is 4.32. The molecule has 2 heteroatoms. The molecule has 0 saturated carbocycles. The number of hydrogen-bond acceptors (Lipinski definition) is 2. The predicted octanol–water partition coefficient (Wildman–Crippen LogP) is 2.88. The molecule has 0 spiro atoms. The van der Waals surface area contributed by atoms with Crippen molar-refractivity contribution in [2.75, 3.05) is 6.54 Å². The highest BCUT2D eigenvalue weighted by molar-refractivity contribution is 5.69. The van der Waals surface area contributed by atoms with Gasteiger partial charge in [-0.1, -0.05) is 48.5 Å². The van der Waals surface area contributed by atoms with Crippen molar-refractivity contribution in [3.05, 3.63) is 59.7 Å². The molecule has 1 aliphatic heterocycles. The minimum absolute atomic E-state index is 0.0430. The van der Waals surface area contributed by atoms with Crippen LogP contribution in [0.15, 0.2) is 48.5 Å². The first-order valence-electron chi connectivity index (χ1n) is 5.89. The van der Waals surface area contributed by atoms with Crippen molar-refractivity contribution in [2.45, 2.75) is 12.7 Å². The minimum Gasteiger partial charge on any atom is -0.367 e. The first kappa shape index (κ1) is 10.5. The van der Waals surface area contributed by atoms with Crippen LogP contribution in [0, 0.1) is 0 Å². The highest BCUT2D eigenvalue weighted by Gasteiger charge is 2.25. The van der Waals surface area contributed by atoms with Crippen molar-refractivity contribution in [3.63, 3.8) is 0 Å². The van der Waals surface area contributed by atoms with Gasteiger partial charge in [0.05, 0.1) is 12.7 Å². The average molecular weight is 225 g/mol. The second-order valence-corrected chi connectivity index (χ2v) is 4.28. The molecule has 2 nitrogen and oxygen atoms in total. The number of ether oxygens (including phenoxy) is 1. The maximum Gasteiger partial charge on any atom is 0.0961 e. The fourth-order valence-corrected chi connectivity index (χ4v) is 2.45. The van der Waals surface area contributed by atoms with Crippen LogP contribution >= 0.6 is 0 Å². The van der Waals surface area contributed by atoms with Crippen LogP contribution in [-0.4, -0.2) is 6.54 Å². The molecule has 1 atom stereocenters. The van der Waals surface area contributed by atoms with E-state index in [1.807, 2.05) is 6.07 Å². The molecule has 0 fully saturated rings. The molecule has 0 aliphatic carbocycles. The highest BCUT2D eigenvalue weighted by Crippen LogP contribution is 2.37. The number of benzene rings is 2. The summed E-state index contributed by atoms with van der Waals surface area (Å²) in [5.41, 5.74) is 10.8. The van der Waals surface area contributed by atoms with Crippen LogP contribution in [0.3, 0.4) is 0 Å². The summed E-state index contributed by atoms with van der Waals surface area (Å²) < 4.78 is 5.71. The van der Waals surface area contributed by atoms with Gasteiger partial charge in [0.2, 0.25) is 0 Å². The molecule has 0 aromatic heterocycles. The maximum atomic E-state index is 5.77. The fraction of sp³-hybridized carbons (Fsp3) is 0.200. The molecule has 2 aromatic carbocycles. The van der Waals surface area contributed by atoms with Gasteiger partial charge in [0.15, 0.2) is 0 Å². The number of hydrogen-bond donors (Lipinski definition) is 1. The van der Waals surface area contributed by atoms with Gasteiger partial charge in [0.1, 0.15) is 0 Å². The van der Waals surface area contributed by atoms with Gasteiger partial charge in [-0.25, -0.2) is 0 Å². The Bertz CT molecular complexity index is 522. The lowest BCUT2D eigenvalue weighted by molar-refractivity contribution is 0.0726. The van der Waals surface area contributed by atoms with E-state index in [4.69, 9.17) is 10.5 Å². The lowest BCUT2D eigenvalue weighted by atomic mass is 9.94. The van der Waals surface area contributed by atoms with E-state index in [2.05, 4.69) is 42.5 Å². The van der Waals surface area contributed by atoms with Crippen LogP contribution < -0.4 is 5.73 Å². The normalized spacial score (nSPS) is 18.1. The summed E-state index contributed by atoms with van der Waals surface area (Å²) in [7, 11) is 0. The molecular weight excluding hydrogens is 210 g/mol. The van der Waals surface area contributed by atoms with E-state index in [1.54, 1.807) is 0 Å². The molecule has 1 aliphatic rings. The Kier molecular flexibility index (Phi) is 2.67. The van der Waals surface area contributed by atoms with E-state index >= 15 is 0 Å². The fourth-order valence-electron chi connectivity index (χ4n) is 2.45. The maximum absolute atomic E-state index is 5.77. The first-order chi connectivity index (χ1) is 8.40. The predicted molar refractivity (Wildman–Crippen MR) is 68.5 cm³/mol. The molecule has 86 valence electrons. The quantitative estimate of drug-likeness (QED) is 0.853. The molecule has 2 aromatic rings. The van der Waals surface area contributed by atoms with Crippen molar-refractivity contribution in [1.82, 2.24) is 0 Å².